The molecule has 2 aromatic heterocycles. The molecule has 0 saturated heterocycles. The first-order chi connectivity index (χ1) is 12.3. The second kappa shape index (κ2) is 5.81. The normalized spacial score (nSPS) is 19.7. The van der Waals surface area contributed by atoms with E-state index in [4.69, 9.17) is 5.11 Å². The van der Waals surface area contributed by atoms with Gasteiger partial charge in [0.05, 0.1) is 11.3 Å². The molecule has 0 radical (unpaired) electrons. The monoisotopic (exact) mass is 374 g/mol. The Morgan fingerprint density at radius 2 is 2.04 bits per heavy atom. The van der Waals surface area contributed by atoms with Crippen LogP contribution in [0.1, 0.15) is 58.2 Å². The summed E-state index contributed by atoms with van der Waals surface area (Å²) in [6.45, 7) is 2.63. The zero-order chi connectivity index (χ0) is 18.6. The average Bonchev–Trinajstić information content (AvgIpc) is 3.22. The van der Waals surface area contributed by atoms with Crippen molar-refractivity contribution in [2.75, 3.05) is 0 Å². The van der Waals surface area contributed by atoms with Crippen LogP contribution in [0.4, 0.5) is 8.78 Å². The molecule has 7 heteroatoms. The molecule has 134 valence electrons. The lowest BCUT2D eigenvalue weighted by atomic mass is 9.95. The molecule has 0 spiro atoms. The minimum absolute atomic E-state index is 0.0468. The van der Waals surface area contributed by atoms with E-state index in [-0.39, 0.29) is 23.0 Å². The second-order valence-corrected chi connectivity index (χ2v) is 7.63. The van der Waals surface area contributed by atoms with Crippen LogP contribution in [0.15, 0.2) is 29.6 Å². The molecular weight excluding hydrogens is 358 g/mol. The third-order valence-electron chi connectivity index (χ3n) is 4.78. The Kier molecular flexibility index (Phi) is 3.80. The molecule has 1 N–H and O–H groups in total. The van der Waals surface area contributed by atoms with Crippen LogP contribution in [-0.2, 0) is 5.92 Å². The molecule has 0 bridgehead atoms. The zero-order valence-electron chi connectivity index (χ0n) is 14.2. The molecule has 0 aliphatic heterocycles. The third-order valence-corrected chi connectivity index (χ3v) is 5.59. The fourth-order valence-corrected chi connectivity index (χ4v) is 4.32. The summed E-state index contributed by atoms with van der Waals surface area (Å²) in [5.41, 5.74) is 1.07. The molecule has 0 amide bonds. The van der Waals surface area contributed by atoms with Crippen molar-refractivity contribution in [3.8, 4) is 0 Å². The van der Waals surface area contributed by atoms with Gasteiger partial charge in [0.15, 0.2) is 0 Å². The van der Waals surface area contributed by atoms with Crippen LogP contribution in [0.5, 0.6) is 0 Å². The van der Waals surface area contributed by atoms with Crippen molar-refractivity contribution < 1.29 is 18.7 Å². The molecule has 1 aromatic carbocycles. The Bertz CT molecular complexity index is 1030. The first kappa shape index (κ1) is 17.0. The number of aromatic nitrogens is 2. The highest BCUT2D eigenvalue weighted by Crippen LogP contribution is 2.57. The fourth-order valence-electron chi connectivity index (χ4n) is 3.51. The molecule has 2 atom stereocenters. The number of carboxylic acids is 1. The van der Waals surface area contributed by atoms with E-state index in [0.717, 1.165) is 35.3 Å². The summed E-state index contributed by atoms with van der Waals surface area (Å²) >= 11 is 1.53. The summed E-state index contributed by atoms with van der Waals surface area (Å²) in [5, 5.41) is 12.0. The number of hydrogen-bond acceptors (Lipinski definition) is 4. The molecule has 26 heavy (non-hydrogen) atoms. The molecule has 4 nitrogen and oxygen atoms in total. The number of rotatable bonds is 4. The largest absolute Gasteiger partial charge is 0.478 e. The van der Waals surface area contributed by atoms with Crippen molar-refractivity contribution in [1.82, 2.24) is 9.97 Å². The Balaban J connectivity index is 1.76. The van der Waals surface area contributed by atoms with Gasteiger partial charge in [-0.2, -0.15) is 0 Å². The SMILES string of the molecule is Cc1nc(C2CC2c2ccc(C(=O)O)cc2C(C)(F)F)c2ccsc2n1. The number of fused-ring (bicyclic) bond motifs is 1. The number of halogens is 2. The van der Waals surface area contributed by atoms with Crippen LogP contribution >= 0.6 is 11.3 Å². The number of benzene rings is 1. The first-order valence-corrected chi connectivity index (χ1v) is 9.11. The molecule has 1 saturated carbocycles. The minimum Gasteiger partial charge on any atom is -0.478 e. The van der Waals surface area contributed by atoms with Crippen molar-refractivity contribution >= 4 is 27.5 Å². The number of nitrogens with zero attached hydrogens (tertiary/aromatic N) is 2. The average molecular weight is 374 g/mol. The topological polar surface area (TPSA) is 63.1 Å². The van der Waals surface area contributed by atoms with E-state index in [9.17, 15) is 13.6 Å². The zero-order valence-corrected chi connectivity index (χ0v) is 15.0. The number of carbonyl (C=O) groups is 1. The van der Waals surface area contributed by atoms with Gasteiger partial charge in [-0.3, -0.25) is 0 Å². The molecule has 3 aromatic rings. The van der Waals surface area contributed by atoms with E-state index in [1.54, 1.807) is 0 Å². The smallest absolute Gasteiger partial charge is 0.335 e. The number of carboxylic acid groups (broad SMARTS) is 1. The van der Waals surface area contributed by atoms with E-state index in [2.05, 4.69) is 9.97 Å². The fraction of sp³-hybridized carbons (Fsp3) is 0.316. The lowest BCUT2D eigenvalue weighted by Crippen LogP contribution is -2.12. The third kappa shape index (κ3) is 2.86. The van der Waals surface area contributed by atoms with Crippen LogP contribution in [0.3, 0.4) is 0 Å². The maximum absolute atomic E-state index is 14.1. The van der Waals surface area contributed by atoms with Crippen molar-refractivity contribution in [2.45, 2.75) is 38.0 Å². The van der Waals surface area contributed by atoms with Gasteiger partial charge in [0.1, 0.15) is 10.7 Å². The van der Waals surface area contributed by atoms with Gasteiger partial charge in [0.25, 0.3) is 5.92 Å². The van der Waals surface area contributed by atoms with Gasteiger partial charge in [-0.15, -0.1) is 11.3 Å². The van der Waals surface area contributed by atoms with Crippen LogP contribution in [0.2, 0.25) is 0 Å². The quantitative estimate of drug-likeness (QED) is 0.692. The summed E-state index contributed by atoms with van der Waals surface area (Å²) < 4.78 is 28.3. The predicted octanol–water partition coefficient (Wildman–Crippen LogP) is 5.08. The van der Waals surface area contributed by atoms with Gasteiger partial charge in [-0.1, -0.05) is 6.07 Å². The number of thiophene rings is 1. The van der Waals surface area contributed by atoms with Crippen molar-refractivity contribution in [2.24, 2.45) is 0 Å². The Morgan fingerprint density at radius 1 is 1.27 bits per heavy atom. The van der Waals surface area contributed by atoms with Crippen molar-refractivity contribution in [3.63, 3.8) is 0 Å². The van der Waals surface area contributed by atoms with E-state index >= 15 is 0 Å². The van der Waals surface area contributed by atoms with E-state index in [1.165, 1.54) is 23.5 Å². The molecule has 2 heterocycles. The summed E-state index contributed by atoms with van der Waals surface area (Å²) in [6.07, 6.45) is 0.719. The van der Waals surface area contributed by atoms with Gasteiger partial charge >= 0.3 is 5.97 Å². The number of aryl methyl sites for hydroxylation is 1. The van der Waals surface area contributed by atoms with Crippen LogP contribution in [0, 0.1) is 6.92 Å². The highest BCUT2D eigenvalue weighted by molar-refractivity contribution is 7.16. The van der Waals surface area contributed by atoms with Crippen molar-refractivity contribution in [1.29, 1.82) is 0 Å². The summed E-state index contributed by atoms with van der Waals surface area (Å²) in [6, 6.07) is 5.99. The molecule has 4 rings (SSSR count). The Morgan fingerprint density at radius 3 is 2.73 bits per heavy atom. The van der Waals surface area contributed by atoms with Crippen LogP contribution in [-0.4, -0.2) is 21.0 Å². The molecular formula is C19H16F2N2O2S. The predicted molar refractivity (Wildman–Crippen MR) is 95.2 cm³/mol. The van der Waals surface area contributed by atoms with Gasteiger partial charge < -0.3 is 5.11 Å². The number of aromatic carboxylic acids is 1. The van der Waals surface area contributed by atoms with Gasteiger partial charge in [-0.05, 0) is 48.4 Å². The number of alkyl halides is 2. The van der Waals surface area contributed by atoms with Crippen LogP contribution in [0.25, 0.3) is 10.2 Å². The molecule has 2 unspecified atom stereocenters. The second-order valence-electron chi connectivity index (χ2n) is 6.74. The van der Waals surface area contributed by atoms with Crippen LogP contribution < -0.4 is 0 Å². The molecule has 1 aliphatic carbocycles. The summed E-state index contributed by atoms with van der Waals surface area (Å²) in [5.74, 6) is -3.68. The van der Waals surface area contributed by atoms with Gasteiger partial charge in [0, 0.05) is 23.8 Å². The first-order valence-electron chi connectivity index (χ1n) is 8.23. The summed E-state index contributed by atoms with van der Waals surface area (Å²) in [7, 11) is 0. The van der Waals surface area contributed by atoms with Crippen molar-refractivity contribution in [3.05, 3.63) is 57.9 Å². The summed E-state index contributed by atoms with van der Waals surface area (Å²) in [4.78, 5) is 21.0. The maximum Gasteiger partial charge on any atom is 0.335 e. The lowest BCUT2D eigenvalue weighted by Gasteiger charge is -2.17. The standard InChI is InChI=1S/C19H16F2N2O2S/c1-9-22-16(12-5-6-26-17(12)23-9)14-8-13(14)11-4-3-10(18(24)25)7-15(11)19(2,20)21/h3-7,13-14H,8H2,1-2H3,(H,24,25). The molecule has 1 aliphatic rings. The lowest BCUT2D eigenvalue weighted by molar-refractivity contribution is 0.0164. The highest BCUT2D eigenvalue weighted by atomic mass is 32.1. The maximum atomic E-state index is 14.1. The van der Waals surface area contributed by atoms with Gasteiger partial charge in [0.2, 0.25) is 0 Å². The van der Waals surface area contributed by atoms with E-state index in [0.29, 0.717) is 11.4 Å². The van der Waals surface area contributed by atoms with E-state index in [1.807, 2.05) is 18.4 Å². The highest BCUT2D eigenvalue weighted by Gasteiger charge is 2.45. The number of hydrogen-bond donors (Lipinski definition) is 1. The minimum atomic E-state index is -3.10. The molecule has 1 fully saturated rings. The van der Waals surface area contributed by atoms with E-state index < -0.39 is 11.9 Å². The van der Waals surface area contributed by atoms with Gasteiger partial charge in [-0.25, -0.2) is 23.5 Å². The Labute approximate surface area is 152 Å². The Hall–Kier alpha value is -2.41.